The zero-order valence-electron chi connectivity index (χ0n) is 37.2. The number of nitrogens with one attached hydrogen (secondary N) is 3. The Balaban J connectivity index is 0.000000405. The van der Waals surface area contributed by atoms with E-state index >= 15 is 0 Å². The Morgan fingerprint density at radius 1 is 0.672 bits per heavy atom. The maximum Gasteiger partial charge on any atom is 0.408 e. The molecule has 0 bridgehead atoms. The summed E-state index contributed by atoms with van der Waals surface area (Å²) in [5.41, 5.74) is 7.98. The summed E-state index contributed by atoms with van der Waals surface area (Å²) in [5, 5.41) is 11.0. The van der Waals surface area contributed by atoms with Gasteiger partial charge >= 0.3 is 6.09 Å². The number of halogens is 3. The smallest absolute Gasteiger partial charge is 0.408 e. The number of hydrogen-bond acceptors (Lipinski definition) is 5. The van der Waals surface area contributed by atoms with Gasteiger partial charge in [-0.3, -0.25) is 9.59 Å². The SMILES string of the molecule is CCC(C)C(N)C(=O)NC(CC(C)C)C1(c2ccc(Cl)cc2)CCC1.CCC(C)C(NC(=O)OC(C)(C)C)C(=O)NC(CC(C)C)C1(c2ccc(Cl)cc2)CCC1.Cl. The number of rotatable bonds is 17. The van der Waals surface area contributed by atoms with E-state index in [1.807, 2.05) is 65.8 Å². The molecular formula is C47H75Cl3N4O4. The van der Waals surface area contributed by atoms with Gasteiger partial charge in [0.05, 0.1) is 6.04 Å². The molecule has 0 saturated heterocycles. The second-order valence-corrected chi connectivity index (χ2v) is 19.7. The molecule has 3 amide bonds. The first kappa shape index (κ1) is 51.6. The quantitative estimate of drug-likeness (QED) is 0.126. The van der Waals surface area contributed by atoms with Crippen LogP contribution in [0.15, 0.2) is 48.5 Å². The number of alkyl carbamates (subject to hydrolysis) is 1. The van der Waals surface area contributed by atoms with E-state index in [1.54, 1.807) is 0 Å². The van der Waals surface area contributed by atoms with Crippen molar-refractivity contribution < 1.29 is 19.1 Å². The fraction of sp³-hybridized carbons (Fsp3) is 0.681. The maximum atomic E-state index is 13.5. The van der Waals surface area contributed by atoms with Crippen LogP contribution >= 0.6 is 35.6 Å². The second-order valence-electron chi connectivity index (χ2n) is 18.8. The molecule has 6 atom stereocenters. The highest BCUT2D eigenvalue weighted by Gasteiger charge is 2.48. The average molecular weight is 866 g/mol. The van der Waals surface area contributed by atoms with Crippen LogP contribution in [0, 0.1) is 23.7 Å². The van der Waals surface area contributed by atoms with E-state index in [2.05, 4.69) is 74.8 Å². The lowest BCUT2D eigenvalue weighted by molar-refractivity contribution is -0.126. The van der Waals surface area contributed by atoms with Crippen LogP contribution in [0.4, 0.5) is 4.79 Å². The van der Waals surface area contributed by atoms with E-state index < -0.39 is 23.8 Å². The first-order valence-electron chi connectivity index (χ1n) is 21.6. The van der Waals surface area contributed by atoms with Crippen LogP contribution in [0.5, 0.6) is 0 Å². The van der Waals surface area contributed by atoms with E-state index in [0.29, 0.717) is 16.9 Å². The van der Waals surface area contributed by atoms with Gasteiger partial charge in [0, 0.05) is 33.0 Å². The van der Waals surface area contributed by atoms with Crippen molar-refractivity contribution in [3.8, 4) is 0 Å². The number of ether oxygens (including phenoxy) is 1. The molecule has 0 spiro atoms. The summed E-state index contributed by atoms with van der Waals surface area (Å²) in [6.45, 7) is 22.3. The van der Waals surface area contributed by atoms with Crippen molar-refractivity contribution >= 4 is 53.5 Å². The molecule has 328 valence electrons. The van der Waals surface area contributed by atoms with E-state index in [-0.39, 0.29) is 59.0 Å². The highest BCUT2D eigenvalue weighted by Crippen LogP contribution is 2.49. The Morgan fingerprint density at radius 3 is 1.36 bits per heavy atom. The summed E-state index contributed by atoms with van der Waals surface area (Å²) in [5.74, 6) is 0.944. The predicted octanol–water partition coefficient (Wildman–Crippen LogP) is 11.3. The van der Waals surface area contributed by atoms with Crippen LogP contribution in [0.3, 0.4) is 0 Å². The van der Waals surface area contributed by atoms with Crippen LogP contribution in [-0.2, 0) is 25.2 Å². The minimum absolute atomic E-state index is 0. The normalized spacial score (nSPS) is 18.6. The molecule has 8 nitrogen and oxygen atoms in total. The molecule has 11 heteroatoms. The third kappa shape index (κ3) is 14.0. The summed E-state index contributed by atoms with van der Waals surface area (Å²) in [6.07, 6.45) is 9.54. The molecule has 0 aromatic heterocycles. The first-order chi connectivity index (χ1) is 26.7. The zero-order chi connectivity index (χ0) is 42.7. The minimum Gasteiger partial charge on any atom is -0.444 e. The zero-order valence-corrected chi connectivity index (χ0v) is 39.5. The lowest BCUT2D eigenvalue weighted by Crippen LogP contribution is -2.59. The third-order valence-electron chi connectivity index (χ3n) is 12.4. The van der Waals surface area contributed by atoms with Crippen molar-refractivity contribution in [3.63, 3.8) is 0 Å². The highest BCUT2D eigenvalue weighted by atomic mass is 35.5. The summed E-state index contributed by atoms with van der Waals surface area (Å²) in [4.78, 5) is 38.7. The summed E-state index contributed by atoms with van der Waals surface area (Å²) in [7, 11) is 0. The van der Waals surface area contributed by atoms with Crippen LogP contribution in [0.2, 0.25) is 10.0 Å². The van der Waals surface area contributed by atoms with E-state index in [4.69, 9.17) is 33.7 Å². The van der Waals surface area contributed by atoms with Gasteiger partial charge in [0.2, 0.25) is 11.8 Å². The molecule has 0 aliphatic heterocycles. The molecular weight excluding hydrogens is 791 g/mol. The first-order valence-corrected chi connectivity index (χ1v) is 22.3. The standard InChI is InChI=1S/C26H41ClN2O3.C21H33ClN2O.ClH/c1-8-18(4)22(29-24(31)32-25(5,6)7)23(30)28-21(16-17(2)3)26(14-9-15-26)19-10-12-20(27)13-11-19;1-5-15(4)19(23)20(25)24-18(13-14(2)3)21(11-6-12-21)16-7-9-17(22)10-8-16;/h10-13,17-18,21-22H,8-9,14-16H2,1-7H3,(H,28,30)(H,29,31);7-10,14-15,18-19H,5-6,11-13,23H2,1-4H3,(H,24,25);1H. The molecule has 4 rings (SSSR count). The van der Waals surface area contributed by atoms with Gasteiger partial charge in [-0.1, -0.05) is 129 Å². The van der Waals surface area contributed by atoms with Crippen molar-refractivity contribution in [2.75, 3.05) is 0 Å². The molecule has 2 aromatic rings. The second kappa shape index (κ2) is 22.9. The lowest BCUT2D eigenvalue weighted by Gasteiger charge is -2.49. The number of amides is 3. The Bertz CT molecular complexity index is 1570. The molecule has 2 aliphatic rings. The highest BCUT2D eigenvalue weighted by molar-refractivity contribution is 6.30. The average Bonchev–Trinajstić information content (AvgIpc) is 3.09. The summed E-state index contributed by atoms with van der Waals surface area (Å²) in [6, 6.07) is 15.2. The summed E-state index contributed by atoms with van der Waals surface area (Å²) >= 11 is 12.2. The molecule has 2 fully saturated rings. The van der Waals surface area contributed by atoms with Crippen LogP contribution < -0.4 is 21.7 Å². The lowest BCUT2D eigenvalue weighted by atomic mass is 9.58. The molecule has 2 saturated carbocycles. The van der Waals surface area contributed by atoms with Crippen LogP contribution in [-0.4, -0.2) is 47.7 Å². The molecule has 58 heavy (non-hydrogen) atoms. The Kier molecular flexibility index (Phi) is 20.4. The van der Waals surface area contributed by atoms with Gasteiger partial charge in [-0.15, -0.1) is 12.4 Å². The fourth-order valence-corrected chi connectivity index (χ4v) is 8.57. The monoisotopic (exact) mass is 864 g/mol. The number of carbonyl (C=O) groups is 3. The fourth-order valence-electron chi connectivity index (χ4n) is 8.32. The Labute approximate surface area is 367 Å². The molecule has 5 N–H and O–H groups in total. The van der Waals surface area contributed by atoms with E-state index in [9.17, 15) is 14.4 Å². The van der Waals surface area contributed by atoms with Gasteiger partial charge in [-0.2, -0.15) is 0 Å². The third-order valence-corrected chi connectivity index (χ3v) is 12.9. The van der Waals surface area contributed by atoms with Crippen molar-refractivity contribution in [1.29, 1.82) is 0 Å². The molecule has 2 aromatic carbocycles. The number of carbonyl (C=O) groups excluding carboxylic acids is 3. The van der Waals surface area contributed by atoms with Gasteiger partial charge in [0.15, 0.2) is 0 Å². The van der Waals surface area contributed by atoms with Gasteiger partial charge in [0.25, 0.3) is 0 Å². The van der Waals surface area contributed by atoms with Gasteiger partial charge < -0.3 is 26.4 Å². The van der Waals surface area contributed by atoms with Crippen molar-refractivity contribution in [2.24, 2.45) is 29.4 Å². The van der Waals surface area contributed by atoms with Crippen molar-refractivity contribution in [3.05, 3.63) is 69.7 Å². The molecule has 2 aliphatic carbocycles. The van der Waals surface area contributed by atoms with Gasteiger partial charge in [-0.25, -0.2) is 4.79 Å². The van der Waals surface area contributed by atoms with E-state index in [0.717, 1.165) is 62.8 Å². The number of benzene rings is 2. The van der Waals surface area contributed by atoms with Crippen LogP contribution in [0.1, 0.15) is 151 Å². The number of hydrogen-bond donors (Lipinski definition) is 4. The van der Waals surface area contributed by atoms with Crippen molar-refractivity contribution in [1.82, 2.24) is 16.0 Å². The van der Waals surface area contributed by atoms with Crippen molar-refractivity contribution in [2.45, 2.75) is 181 Å². The largest absolute Gasteiger partial charge is 0.444 e. The number of nitrogens with two attached hydrogens (primary N) is 1. The predicted molar refractivity (Wildman–Crippen MR) is 244 cm³/mol. The summed E-state index contributed by atoms with van der Waals surface area (Å²) < 4.78 is 5.42. The van der Waals surface area contributed by atoms with E-state index in [1.165, 1.54) is 17.5 Å². The minimum atomic E-state index is -0.646. The van der Waals surface area contributed by atoms with Gasteiger partial charge in [0.1, 0.15) is 11.6 Å². The van der Waals surface area contributed by atoms with Gasteiger partial charge in [-0.05, 0) is 118 Å². The molecule has 0 radical (unpaired) electrons. The Hall–Kier alpha value is -2.52. The van der Waals surface area contributed by atoms with Crippen LogP contribution in [0.25, 0.3) is 0 Å². The molecule has 6 unspecified atom stereocenters. The molecule has 0 heterocycles. The Morgan fingerprint density at radius 2 is 1.05 bits per heavy atom. The topological polar surface area (TPSA) is 123 Å². The maximum absolute atomic E-state index is 13.5.